The van der Waals surface area contributed by atoms with Gasteiger partial charge in [-0.2, -0.15) is 0 Å². The summed E-state index contributed by atoms with van der Waals surface area (Å²) in [5.41, 5.74) is 4.01. The van der Waals surface area contributed by atoms with E-state index in [0.717, 1.165) is 16.8 Å². The van der Waals surface area contributed by atoms with Crippen LogP contribution in [-0.2, 0) is 6.61 Å². The topological polar surface area (TPSA) is 81.3 Å². The molecule has 0 saturated heterocycles. The summed E-state index contributed by atoms with van der Waals surface area (Å²) in [6.07, 6.45) is 4.91. The second kappa shape index (κ2) is 6.24. The van der Waals surface area contributed by atoms with Gasteiger partial charge < -0.3 is 14.3 Å². The summed E-state index contributed by atoms with van der Waals surface area (Å²) < 4.78 is 11.5. The van der Waals surface area contributed by atoms with Gasteiger partial charge in [0.05, 0.1) is 17.5 Å². The Kier molecular flexibility index (Phi) is 3.78. The Morgan fingerprint density at radius 1 is 1.08 bits per heavy atom. The molecule has 0 amide bonds. The van der Waals surface area contributed by atoms with Crippen molar-refractivity contribution in [2.45, 2.75) is 13.5 Å². The van der Waals surface area contributed by atoms with E-state index in [9.17, 15) is 5.11 Å². The fourth-order valence-electron chi connectivity index (χ4n) is 2.45. The first kappa shape index (κ1) is 15.1. The molecule has 3 aromatic heterocycles. The lowest BCUT2D eigenvalue weighted by Crippen LogP contribution is -1.97. The first-order chi connectivity index (χ1) is 12.2. The Balaban J connectivity index is 1.56. The maximum Gasteiger partial charge on any atom is 0.228 e. The summed E-state index contributed by atoms with van der Waals surface area (Å²) in [6.45, 7) is 2.28. The van der Waals surface area contributed by atoms with E-state index >= 15 is 0 Å². The Morgan fingerprint density at radius 2 is 2.00 bits per heavy atom. The van der Waals surface area contributed by atoms with Crippen molar-refractivity contribution in [2.75, 3.05) is 0 Å². The van der Waals surface area contributed by atoms with Crippen molar-refractivity contribution >= 4 is 11.1 Å². The molecule has 0 fully saturated rings. The minimum absolute atomic E-state index is 0.130. The van der Waals surface area contributed by atoms with Gasteiger partial charge in [-0.15, -0.1) is 0 Å². The lowest BCUT2D eigenvalue weighted by molar-refractivity contribution is 0.301. The van der Waals surface area contributed by atoms with Gasteiger partial charge in [0.1, 0.15) is 23.6 Å². The van der Waals surface area contributed by atoms with Crippen LogP contribution in [0.2, 0.25) is 0 Å². The first-order valence-electron chi connectivity index (χ1n) is 7.77. The van der Waals surface area contributed by atoms with Crippen molar-refractivity contribution in [3.8, 4) is 23.0 Å². The van der Waals surface area contributed by atoms with Crippen molar-refractivity contribution in [3.63, 3.8) is 0 Å². The predicted octanol–water partition coefficient (Wildman–Crippen LogP) is 3.88. The molecule has 0 aliphatic heterocycles. The molecule has 4 aromatic rings. The molecule has 25 heavy (non-hydrogen) atoms. The molecule has 0 bridgehead atoms. The van der Waals surface area contributed by atoms with E-state index in [1.54, 1.807) is 24.5 Å². The number of hydrogen-bond acceptors (Lipinski definition) is 6. The second-order valence-electron chi connectivity index (χ2n) is 5.70. The zero-order valence-electron chi connectivity index (χ0n) is 13.5. The molecular formula is C19H15N3O3. The van der Waals surface area contributed by atoms with E-state index in [1.807, 2.05) is 31.2 Å². The maximum atomic E-state index is 9.25. The van der Waals surface area contributed by atoms with E-state index in [1.165, 1.54) is 6.20 Å². The third-order valence-corrected chi connectivity index (χ3v) is 3.68. The van der Waals surface area contributed by atoms with Gasteiger partial charge in [0.15, 0.2) is 5.58 Å². The number of ether oxygens (including phenoxy) is 1. The third kappa shape index (κ3) is 3.28. The molecule has 0 saturated carbocycles. The minimum atomic E-state index is 0.130. The molecule has 0 radical (unpaired) electrons. The molecule has 1 N–H and O–H groups in total. The van der Waals surface area contributed by atoms with Crippen LogP contribution in [0.25, 0.3) is 22.6 Å². The fourth-order valence-corrected chi connectivity index (χ4v) is 2.45. The highest BCUT2D eigenvalue weighted by molar-refractivity contribution is 5.77. The number of aryl methyl sites for hydroxylation is 1. The summed E-state index contributed by atoms with van der Waals surface area (Å²) in [7, 11) is 0. The zero-order valence-corrected chi connectivity index (χ0v) is 13.5. The van der Waals surface area contributed by atoms with Crippen molar-refractivity contribution in [2.24, 2.45) is 0 Å². The molecule has 6 heteroatoms. The summed E-state index contributed by atoms with van der Waals surface area (Å²) in [6, 6.07) is 10.7. The Morgan fingerprint density at radius 3 is 2.80 bits per heavy atom. The van der Waals surface area contributed by atoms with Crippen LogP contribution in [0.3, 0.4) is 0 Å². The zero-order chi connectivity index (χ0) is 17.2. The second-order valence-corrected chi connectivity index (χ2v) is 5.70. The molecule has 0 atom stereocenters. The summed E-state index contributed by atoms with van der Waals surface area (Å²) in [5.74, 6) is 1.33. The number of pyridine rings is 2. The van der Waals surface area contributed by atoms with Crippen LogP contribution in [0, 0.1) is 6.92 Å². The van der Waals surface area contributed by atoms with Crippen LogP contribution in [0.4, 0.5) is 0 Å². The lowest BCUT2D eigenvalue weighted by Gasteiger charge is -2.05. The quantitative estimate of drug-likeness (QED) is 0.610. The number of hydrogen-bond donors (Lipinski definition) is 1. The summed E-state index contributed by atoms with van der Waals surface area (Å²) >= 11 is 0. The number of aromatic nitrogens is 3. The summed E-state index contributed by atoms with van der Waals surface area (Å²) in [4.78, 5) is 12.8. The first-order valence-corrected chi connectivity index (χ1v) is 7.77. The smallest absolute Gasteiger partial charge is 0.228 e. The number of benzene rings is 1. The van der Waals surface area contributed by atoms with Crippen molar-refractivity contribution in [3.05, 3.63) is 66.2 Å². The molecule has 124 valence electrons. The molecule has 0 aliphatic rings. The van der Waals surface area contributed by atoms with Crippen molar-refractivity contribution in [1.82, 2.24) is 15.0 Å². The van der Waals surface area contributed by atoms with Gasteiger partial charge in [0, 0.05) is 18.5 Å². The van der Waals surface area contributed by atoms with E-state index in [4.69, 9.17) is 9.15 Å². The van der Waals surface area contributed by atoms with Crippen molar-refractivity contribution < 1.29 is 14.3 Å². The summed E-state index contributed by atoms with van der Waals surface area (Å²) in [5, 5.41) is 9.25. The van der Waals surface area contributed by atoms with Crippen LogP contribution in [-0.4, -0.2) is 20.1 Å². The number of oxazole rings is 1. The van der Waals surface area contributed by atoms with Gasteiger partial charge in [-0.1, -0.05) is 0 Å². The molecule has 1 aromatic carbocycles. The largest absolute Gasteiger partial charge is 0.506 e. The van der Waals surface area contributed by atoms with E-state index < -0.39 is 0 Å². The molecule has 0 spiro atoms. The van der Waals surface area contributed by atoms with Gasteiger partial charge in [-0.25, -0.2) is 4.98 Å². The van der Waals surface area contributed by atoms with E-state index in [2.05, 4.69) is 15.0 Å². The van der Waals surface area contributed by atoms with Gasteiger partial charge >= 0.3 is 0 Å². The molecule has 0 unspecified atom stereocenters. The predicted molar refractivity (Wildman–Crippen MR) is 92.2 cm³/mol. The fraction of sp³-hybridized carbons (Fsp3) is 0.105. The van der Waals surface area contributed by atoms with Gasteiger partial charge in [-0.3, -0.25) is 9.97 Å². The molecule has 4 rings (SSSR count). The highest BCUT2D eigenvalue weighted by Gasteiger charge is 2.10. The standard InChI is InChI=1S/C19H15N3O3/c1-12-6-13(9-20-8-12)19-22-17-7-16(4-5-18(17)25-19)24-11-14-2-3-15(23)10-21-14/h2-10,23H,11H2,1H3. The Labute approximate surface area is 143 Å². The number of rotatable bonds is 4. The highest BCUT2D eigenvalue weighted by atomic mass is 16.5. The number of aromatic hydroxyl groups is 1. The highest BCUT2D eigenvalue weighted by Crippen LogP contribution is 2.27. The van der Waals surface area contributed by atoms with E-state index in [-0.39, 0.29) is 5.75 Å². The molecule has 6 nitrogen and oxygen atoms in total. The van der Waals surface area contributed by atoms with E-state index in [0.29, 0.717) is 29.3 Å². The average Bonchev–Trinajstić information content (AvgIpc) is 3.05. The SMILES string of the molecule is Cc1cncc(-c2nc3cc(OCc4ccc(O)cn4)ccc3o2)c1. The van der Waals surface area contributed by atoms with Crippen LogP contribution in [0.15, 0.2) is 59.4 Å². The third-order valence-electron chi connectivity index (χ3n) is 3.68. The monoisotopic (exact) mass is 333 g/mol. The van der Waals surface area contributed by atoms with Gasteiger partial charge in [0.2, 0.25) is 5.89 Å². The van der Waals surface area contributed by atoms with Crippen LogP contribution >= 0.6 is 0 Å². The van der Waals surface area contributed by atoms with Crippen LogP contribution in [0.5, 0.6) is 11.5 Å². The Hall–Kier alpha value is -3.41. The number of nitrogens with zero attached hydrogens (tertiary/aromatic N) is 3. The maximum absolute atomic E-state index is 9.25. The van der Waals surface area contributed by atoms with Gasteiger partial charge in [-0.05, 0) is 42.8 Å². The average molecular weight is 333 g/mol. The van der Waals surface area contributed by atoms with Crippen LogP contribution < -0.4 is 4.74 Å². The van der Waals surface area contributed by atoms with Crippen molar-refractivity contribution in [1.29, 1.82) is 0 Å². The molecular weight excluding hydrogens is 318 g/mol. The molecule has 0 aliphatic carbocycles. The van der Waals surface area contributed by atoms with Crippen LogP contribution in [0.1, 0.15) is 11.3 Å². The van der Waals surface area contributed by atoms with Gasteiger partial charge in [0.25, 0.3) is 0 Å². The Bertz CT molecular complexity index is 1030. The molecule has 3 heterocycles. The lowest BCUT2D eigenvalue weighted by atomic mass is 10.2. The number of fused-ring (bicyclic) bond motifs is 1. The normalized spacial score (nSPS) is 10.9. The minimum Gasteiger partial charge on any atom is -0.506 e.